The van der Waals surface area contributed by atoms with Crippen molar-refractivity contribution < 1.29 is 9.53 Å². The van der Waals surface area contributed by atoms with E-state index in [-0.39, 0.29) is 12.0 Å². The van der Waals surface area contributed by atoms with E-state index in [4.69, 9.17) is 4.74 Å². The van der Waals surface area contributed by atoms with Gasteiger partial charge >= 0.3 is 0 Å². The van der Waals surface area contributed by atoms with Gasteiger partial charge in [0.25, 0.3) is 5.91 Å². The van der Waals surface area contributed by atoms with Crippen molar-refractivity contribution in [1.82, 2.24) is 5.32 Å². The van der Waals surface area contributed by atoms with Gasteiger partial charge in [0.2, 0.25) is 0 Å². The average Bonchev–Trinajstić information content (AvgIpc) is 2.92. The van der Waals surface area contributed by atoms with Crippen molar-refractivity contribution in [2.24, 2.45) is 0 Å². The van der Waals surface area contributed by atoms with Gasteiger partial charge in [0.15, 0.2) is 0 Å². The molecule has 2 rings (SSSR count). The van der Waals surface area contributed by atoms with Crippen molar-refractivity contribution >= 4 is 17.2 Å². The number of benzene rings is 1. The summed E-state index contributed by atoms with van der Waals surface area (Å²) < 4.78 is 5.45. The van der Waals surface area contributed by atoms with Crippen molar-refractivity contribution in [3.63, 3.8) is 0 Å². The smallest absolute Gasteiger partial charge is 0.251 e. The van der Waals surface area contributed by atoms with E-state index in [2.05, 4.69) is 5.32 Å². The summed E-state index contributed by atoms with van der Waals surface area (Å²) in [7, 11) is 1.66. The first-order valence-corrected chi connectivity index (χ1v) is 7.88. The predicted octanol–water partition coefficient (Wildman–Crippen LogP) is 3.79. The van der Waals surface area contributed by atoms with E-state index in [0.29, 0.717) is 6.54 Å². The molecule has 0 aliphatic rings. The molecule has 112 valence electrons. The molecule has 0 saturated carbocycles. The third-order valence-corrected chi connectivity index (χ3v) is 4.25. The number of aryl methyl sites for hydroxylation is 3. The van der Waals surface area contributed by atoms with Crippen LogP contribution in [-0.4, -0.2) is 19.6 Å². The second-order valence-corrected chi connectivity index (χ2v) is 6.04. The minimum atomic E-state index is -0.105. The van der Waals surface area contributed by atoms with Gasteiger partial charge in [-0.05, 0) is 54.3 Å². The highest BCUT2D eigenvalue weighted by Gasteiger charge is 2.16. The summed E-state index contributed by atoms with van der Waals surface area (Å²) in [4.78, 5) is 12.4. The summed E-state index contributed by atoms with van der Waals surface area (Å²) >= 11 is 1.63. The van der Waals surface area contributed by atoms with E-state index in [1.807, 2.05) is 49.7 Å². The molecular formula is C17H21NO2S. The number of amides is 1. The Labute approximate surface area is 130 Å². The zero-order chi connectivity index (χ0) is 15.4. The highest BCUT2D eigenvalue weighted by atomic mass is 32.1. The molecule has 0 spiro atoms. The standard InChI is InChI=1S/C17H21NO2S/c1-11-7-12(2)16(13(3)8-11)17(19)18-9-15(20-4)14-5-6-21-10-14/h5-8,10,15H,9H2,1-4H3,(H,18,19). The number of nitrogens with one attached hydrogen (secondary N) is 1. The van der Waals surface area contributed by atoms with Crippen LogP contribution in [0.1, 0.15) is 38.7 Å². The largest absolute Gasteiger partial charge is 0.375 e. The molecule has 0 bridgehead atoms. The van der Waals surface area contributed by atoms with Crippen LogP contribution >= 0.6 is 11.3 Å². The first-order valence-electron chi connectivity index (χ1n) is 6.94. The van der Waals surface area contributed by atoms with Crippen LogP contribution in [0.5, 0.6) is 0 Å². The van der Waals surface area contributed by atoms with E-state index in [1.54, 1.807) is 18.4 Å². The van der Waals surface area contributed by atoms with Gasteiger partial charge in [0, 0.05) is 19.2 Å². The predicted molar refractivity (Wildman–Crippen MR) is 87.1 cm³/mol. The monoisotopic (exact) mass is 303 g/mol. The molecule has 1 amide bonds. The molecule has 1 aromatic heterocycles. The van der Waals surface area contributed by atoms with Crippen LogP contribution in [0.4, 0.5) is 0 Å². The molecular weight excluding hydrogens is 282 g/mol. The lowest BCUT2D eigenvalue weighted by Crippen LogP contribution is -2.30. The normalized spacial score (nSPS) is 12.2. The average molecular weight is 303 g/mol. The van der Waals surface area contributed by atoms with Crippen molar-refractivity contribution in [3.05, 3.63) is 56.8 Å². The topological polar surface area (TPSA) is 38.3 Å². The Morgan fingerprint density at radius 1 is 1.29 bits per heavy atom. The Kier molecular flexibility index (Phi) is 5.15. The summed E-state index contributed by atoms with van der Waals surface area (Å²) in [6.07, 6.45) is -0.105. The van der Waals surface area contributed by atoms with Crippen LogP contribution < -0.4 is 5.32 Å². The zero-order valence-corrected chi connectivity index (χ0v) is 13.7. The second kappa shape index (κ2) is 6.87. The SMILES string of the molecule is COC(CNC(=O)c1c(C)cc(C)cc1C)c1ccsc1. The van der Waals surface area contributed by atoms with Crippen LogP contribution in [0.2, 0.25) is 0 Å². The van der Waals surface area contributed by atoms with Gasteiger partial charge < -0.3 is 10.1 Å². The summed E-state index contributed by atoms with van der Waals surface area (Å²) in [5, 5.41) is 7.04. The second-order valence-electron chi connectivity index (χ2n) is 5.26. The molecule has 0 fully saturated rings. The molecule has 0 aliphatic carbocycles. The molecule has 2 aromatic rings. The van der Waals surface area contributed by atoms with E-state index in [1.165, 1.54) is 5.56 Å². The lowest BCUT2D eigenvalue weighted by Gasteiger charge is -2.16. The van der Waals surface area contributed by atoms with Crippen LogP contribution in [0.25, 0.3) is 0 Å². The molecule has 21 heavy (non-hydrogen) atoms. The van der Waals surface area contributed by atoms with Gasteiger partial charge in [-0.15, -0.1) is 0 Å². The molecule has 0 radical (unpaired) electrons. The molecule has 1 unspecified atom stereocenters. The third kappa shape index (κ3) is 3.71. The van der Waals surface area contributed by atoms with E-state index in [0.717, 1.165) is 22.3 Å². The Morgan fingerprint density at radius 3 is 2.48 bits per heavy atom. The number of carbonyl (C=O) groups excluding carboxylic acids is 1. The van der Waals surface area contributed by atoms with E-state index >= 15 is 0 Å². The van der Waals surface area contributed by atoms with Gasteiger partial charge in [-0.1, -0.05) is 17.7 Å². The number of carbonyl (C=O) groups is 1. The summed E-state index contributed by atoms with van der Waals surface area (Å²) in [6.45, 7) is 6.46. The lowest BCUT2D eigenvalue weighted by atomic mass is 9.99. The van der Waals surface area contributed by atoms with Crippen molar-refractivity contribution in [2.45, 2.75) is 26.9 Å². The molecule has 1 heterocycles. The minimum Gasteiger partial charge on any atom is -0.375 e. The quantitative estimate of drug-likeness (QED) is 0.912. The molecule has 1 atom stereocenters. The molecule has 0 aliphatic heterocycles. The van der Waals surface area contributed by atoms with Crippen LogP contribution in [-0.2, 0) is 4.74 Å². The number of ether oxygens (including phenoxy) is 1. The number of thiophene rings is 1. The lowest BCUT2D eigenvalue weighted by molar-refractivity contribution is 0.0828. The molecule has 1 aromatic carbocycles. The first kappa shape index (κ1) is 15.7. The molecule has 1 N–H and O–H groups in total. The Morgan fingerprint density at radius 2 is 1.95 bits per heavy atom. The summed E-state index contributed by atoms with van der Waals surface area (Å²) in [5.41, 5.74) is 5.06. The zero-order valence-electron chi connectivity index (χ0n) is 12.9. The van der Waals surface area contributed by atoms with E-state index in [9.17, 15) is 4.79 Å². The number of hydrogen-bond donors (Lipinski definition) is 1. The maximum Gasteiger partial charge on any atom is 0.251 e. The first-order chi connectivity index (χ1) is 10.0. The maximum atomic E-state index is 12.4. The Bertz CT molecular complexity index is 597. The fourth-order valence-corrected chi connectivity index (χ4v) is 3.31. The highest BCUT2D eigenvalue weighted by molar-refractivity contribution is 7.07. The summed E-state index contributed by atoms with van der Waals surface area (Å²) in [6, 6.07) is 6.09. The Hall–Kier alpha value is -1.65. The third-order valence-electron chi connectivity index (χ3n) is 3.55. The number of rotatable bonds is 5. The van der Waals surface area contributed by atoms with Crippen molar-refractivity contribution in [1.29, 1.82) is 0 Å². The van der Waals surface area contributed by atoms with Crippen LogP contribution in [0.15, 0.2) is 29.0 Å². The Balaban J connectivity index is 2.08. The minimum absolute atomic E-state index is 0.0396. The van der Waals surface area contributed by atoms with Gasteiger partial charge in [-0.2, -0.15) is 11.3 Å². The summed E-state index contributed by atoms with van der Waals surface area (Å²) in [5.74, 6) is -0.0396. The molecule has 0 saturated heterocycles. The van der Waals surface area contributed by atoms with Gasteiger partial charge in [-0.25, -0.2) is 0 Å². The maximum absolute atomic E-state index is 12.4. The van der Waals surface area contributed by atoms with Gasteiger partial charge in [0.1, 0.15) is 6.10 Å². The fraction of sp³-hybridized carbons (Fsp3) is 0.353. The molecule has 3 nitrogen and oxygen atoms in total. The number of hydrogen-bond acceptors (Lipinski definition) is 3. The van der Waals surface area contributed by atoms with Crippen LogP contribution in [0, 0.1) is 20.8 Å². The van der Waals surface area contributed by atoms with Gasteiger partial charge in [0.05, 0.1) is 0 Å². The van der Waals surface area contributed by atoms with Gasteiger partial charge in [-0.3, -0.25) is 4.79 Å². The number of methoxy groups -OCH3 is 1. The van der Waals surface area contributed by atoms with Crippen LogP contribution in [0.3, 0.4) is 0 Å². The van der Waals surface area contributed by atoms with E-state index < -0.39 is 0 Å². The van der Waals surface area contributed by atoms with Crippen molar-refractivity contribution in [3.8, 4) is 0 Å². The fourth-order valence-electron chi connectivity index (χ4n) is 2.61. The van der Waals surface area contributed by atoms with Crippen molar-refractivity contribution in [2.75, 3.05) is 13.7 Å². The highest BCUT2D eigenvalue weighted by Crippen LogP contribution is 2.20. The molecule has 4 heteroatoms.